The normalized spacial score (nSPS) is 10.9. The van der Waals surface area contributed by atoms with E-state index in [1.165, 1.54) is 23.3 Å². The molecule has 2 rings (SSSR count). The summed E-state index contributed by atoms with van der Waals surface area (Å²) in [5.41, 5.74) is 1.07. The van der Waals surface area contributed by atoms with Crippen molar-refractivity contribution in [2.45, 2.75) is 12.8 Å². The Hall–Kier alpha value is -0.260. The molecule has 0 saturated heterocycles. The molecule has 1 heterocycles. The molecule has 5 heteroatoms. The maximum absolute atomic E-state index is 4.56. The lowest BCUT2D eigenvalue weighted by atomic mass is 10.3. The van der Waals surface area contributed by atoms with Gasteiger partial charge in [0.25, 0.3) is 0 Å². The van der Waals surface area contributed by atoms with Crippen molar-refractivity contribution in [3.63, 3.8) is 0 Å². The molecule has 0 fully saturated rings. The van der Waals surface area contributed by atoms with Crippen LogP contribution in [0.5, 0.6) is 0 Å². The Kier molecular flexibility index (Phi) is 5.13. The number of hydrogen-bond donors (Lipinski definition) is 1. The highest BCUT2D eigenvalue weighted by atomic mass is 79.9. The maximum Gasteiger partial charge on any atom is 0.183 e. The quantitative estimate of drug-likeness (QED) is 0.782. The molecule has 0 bridgehead atoms. The maximum atomic E-state index is 4.56. The van der Waals surface area contributed by atoms with Crippen molar-refractivity contribution in [2.24, 2.45) is 0 Å². The van der Waals surface area contributed by atoms with Crippen LogP contribution in [-0.2, 0) is 0 Å². The number of unbranched alkanes of at least 4 members (excludes halogenated alkanes) is 1. The van der Waals surface area contributed by atoms with E-state index in [2.05, 4.69) is 50.7 Å². The van der Waals surface area contributed by atoms with Gasteiger partial charge in [-0.15, -0.1) is 0 Å². The molecule has 0 aliphatic carbocycles. The minimum atomic E-state index is 1.02. The van der Waals surface area contributed by atoms with Crippen LogP contribution < -0.4 is 5.32 Å². The number of anilines is 1. The molecule has 0 atom stereocenters. The second kappa shape index (κ2) is 6.61. The predicted octanol–water partition coefficient (Wildman–Crippen LogP) is 4.61. The van der Waals surface area contributed by atoms with Gasteiger partial charge in [-0.2, -0.15) is 11.8 Å². The summed E-state index contributed by atoms with van der Waals surface area (Å²) in [7, 11) is 0. The van der Waals surface area contributed by atoms with Crippen molar-refractivity contribution in [2.75, 3.05) is 23.9 Å². The molecule has 0 spiro atoms. The summed E-state index contributed by atoms with van der Waals surface area (Å²) in [5, 5.41) is 4.43. The summed E-state index contributed by atoms with van der Waals surface area (Å²) in [6.45, 7) is 1.02. The molecular formula is C12H15BrN2S2. The van der Waals surface area contributed by atoms with Gasteiger partial charge in [-0.3, -0.25) is 0 Å². The van der Waals surface area contributed by atoms with Crippen molar-refractivity contribution >= 4 is 54.4 Å². The topological polar surface area (TPSA) is 24.9 Å². The van der Waals surface area contributed by atoms with Gasteiger partial charge in [0, 0.05) is 11.0 Å². The zero-order chi connectivity index (χ0) is 12.1. The van der Waals surface area contributed by atoms with Gasteiger partial charge >= 0.3 is 0 Å². The van der Waals surface area contributed by atoms with Gasteiger partial charge < -0.3 is 5.32 Å². The van der Waals surface area contributed by atoms with Gasteiger partial charge in [-0.05, 0) is 43.0 Å². The number of thioether (sulfide) groups is 1. The Bertz CT molecular complexity index is 484. The molecule has 2 aromatic rings. The zero-order valence-corrected chi connectivity index (χ0v) is 12.9. The van der Waals surface area contributed by atoms with Crippen molar-refractivity contribution < 1.29 is 0 Å². The molecule has 2 nitrogen and oxygen atoms in total. The summed E-state index contributed by atoms with van der Waals surface area (Å²) in [6.07, 6.45) is 4.63. The van der Waals surface area contributed by atoms with Crippen LogP contribution >= 0.6 is 39.0 Å². The fourth-order valence-electron chi connectivity index (χ4n) is 1.54. The molecule has 0 aliphatic heterocycles. The number of thiazole rings is 1. The van der Waals surface area contributed by atoms with Gasteiger partial charge in [0.15, 0.2) is 5.13 Å². The van der Waals surface area contributed by atoms with E-state index in [9.17, 15) is 0 Å². The fraction of sp³-hybridized carbons (Fsp3) is 0.417. The smallest absolute Gasteiger partial charge is 0.183 e. The third kappa shape index (κ3) is 3.86. The Balaban J connectivity index is 1.91. The van der Waals surface area contributed by atoms with Crippen LogP contribution in [-0.4, -0.2) is 23.5 Å². The highest BCUT2D eigenvalue weighted by Crippen LogP contribution is 2.28. The first kappa shape index (κ1) is 13.2. The standard InChI is InChI=1S/C12H15BrN2S2/c1-16-7-3-2-6-14-12-15-10-8-9(13)4-5-11(10)17-12/h4-5,8H,2-3,6-7H2,1H3,(H,14,15). The number of fused-ring (bicyclic) bond motifs is 1. The number of nitrogens with one attached hydrogen (secondary N) is 1. The number of rotatable bonds is 6. The lowest BCUT2D eigenvalue weighted by Crippen LogP contribution is -2.01. The molecule has 0 unspecified atom stereocenters. The van der Waals surface area contributed by atoms with Crippen molar-refractivity contribution in [3.8, 4) is 0 Å². The monoisotopic (exact) mass is 330 g/mol. The van der Waals surface area contributed by atoms with E-state index in [0.29, 0.717) is 0 Å². The average Bonchev–Trinajstić information content (AvgIpc) is 2.70. The Morgan fingerprint density at radius 1 is 1.41 bits per heavy atom. The van der Waals surface area contributed by atoms with Crippen LogP contribution in [0.1, 0.15) is 12.8 Å². The molecule has 0 amide bonds. The minimum Gasteiger partial charge on any atom is -0.361 e. The fourth-order valence-corrected chi connectivity index (χ4v) is 3.26. The van der Waals surface area contributed by atoms with Gasteiger partial charge in [0.2, 0.25) is 0 Å². The van der Waals surface area contributed by atoms with Crippen molar-refractivity contribution in [3.05, 3.63) is 22.7 Å². The highest BCUT2D eigenvalue weighted by Gasteiger charge is 2.03. The van der Waals surface area contributed by atoms with E-state index in [4.69, 9.17) is 0 Å². The number of aromatic nitrogens is 1. The van der Waals surface area contributed by atoms with Crippen LogP contribution in [0.3, 0.4) is 0 Å². The van der Waals surface area contributed by atoms with E-state index < -0.39 is 0 Å². The molecule has 1 aromatic heterocycles. The lowest BCUT2D eigenvalue weighted by molar-refractivity contribution is 0.843. The van der Waals surface area contributed by atoms with Crippen LogP contribution in [0.25, 0.3) is 10.2 Å². The summed E-state index contributed by atoms with van der Waals surface area (Å²) in [5.74, 6) is 1.24. The zero-order valence-electron chi connectivity index (χ0n) is 9.70. The van der Waals surface area contributed by atoms with E-state index >= 15 is 0 Å². The van der Waals surface area contributed by atoms with Crippen molar-refractivity contribution in [1.82, 2.24) is 4.98 Å². The molecule has 1 aromatic carbocycles. The minimum absolute atomic E-state index is 1.02. The van der Waals surface area contributed by atoms with E-state index in [1.807, 2.05) is 11.8 Å². The summed E-state index contributed by atoms with van der Waals surface area (Å²) < 4.78 is 2.32. The van der Waals surface area contributed by atoms with Crippen molar-refractivity contribution in [1.29, 1.82) is 0 Å². The van der Waals surface area contributed by atoms with Crippen LogP contribution in [0.2, 0.25) is 0 Å². The van der Waals surface area contributed by atoms with Gasteiger partial charge in [-0.1, -0.05) is 27.3 Å². The van der Waals surface area contributed by atoms with E-state index in [1.54, 1.807) is 11.3 Å². The molecule has 1 N–H and O–H groups in total. The lowest BCUT2D eigenvalue weighted by Gasteiger charge is -2.00. The summed E-state index contributed by atoms with van der Waals surface area (Å²) >= 11 is 7.09. The molecular weight excluding hydrogens is 316 g/mol. The number of halogens is 1. The van der Waals surface area contributed by atoms with Gasteiger partial charge in [-0.25, -0.2) is 4.98 Å². The average molecular weight is 331 g/mol. The van der Waals surface area contributed by atoms with Gasteiger partial charge in [0.05, 0.1) is 10.2 Å². The van der Waals surface area contributed by atoms with Gasteiger partial charge in [0.1, 0.15) is 0 Å². The molecule has 0 radical (unpaired) electrons. The third-order valence-electron chi connectivity index (χ3n) is 2.40. The molecule has 0 aliphatic rings. The summed E-state index contributed by atoms with van der Waals surface area (Å²) in [6, 6.07) is 6.23. The van der Waals surface area contributed by atoms with E-state index in [0.717, 1.165) is 21.7 Å². The predicted molar refractivity (Wildman–Crippen MR) is 83.4 cm³/mol. The first-order valence-corrected chi connectivity index (χ1v) is 8.59. The largest absolute Gasteiger partial charge is 0.361 e. The molecule has 92 valence electrons. The number of hydrogen-bond acceptors (Lipinski definition) is 4. The Morgan fingerprint density at radius 2 is 2.29 bits per heavy atom. The first-order valence-electron chi connectivity index (χ1n) is 5.58. The number of benzene rings is 1. The second-order valence-corrected chi connectivity index (χ2v) is 6.69. The third-order valence-corrected chi connectivity index (χ3v) is 4.59. The van der Waals surface area contributed by atoms with E-state index in [-0.39, 0.29) is 0 Å². The molecule has 17 heavy (non-hydrogen) atoms. The molecule has 0 saturated carbocycles. The summed E-state index contributed by atoms with van der Waals surface area (Å²) in [4.78, 5) is 4.56. The SMILES string of the molecule is CSCCCCNc1nc2cc(Br)ccc2s1. The van der Waals surface area contributed by atoms with Crippen LogP contribution in [0.15, 0.2) is 22.7 Å². The number of nitrogens with zero attached hydrogens (tertiary/aromatic N) is 1. The Morgan fingerprint density at radius 3 is 3.12 bits per heavy atom. The van der Waals surface area contributed by atoms with Crippen LogP contribution in [0.4, 0.5) is 5.13 Å². The second-order valence-electron chi connectivity index (χ2n) is 3.76. The Labute approximate surface area is 118 Å². The first-order chi connectivity index (χ1) is 8.29. The highest BCUT2D eigenvalue weighted by molar-refractivity contribution is 9.10. The van der Waals surface area contributed by atoms with Crippen LogP contribution in [0, 0.1) is 0 Å².